The molecule has 0 atom stereocenters. The smallest absolute Gasteiger partial charge is 0.407 e. The molecule has 0 spiro atoms. The van der Waals surface area contributed by atoms with Gasteiger partial charge in [-0.25, -0.2) is 14.8 Å². The summed E-state index contributed by atoms with van der Waals surface area (Å²) in [5.41, 5.74) is 2.05. The van der Waals surface area contributed by atoms with Gasteiger partial charge in [0.15, 0.2) is 0 Å². The van der Waals surface area contributed by atoms with Crippen molar-refractivity contribution in [1.82, 2.24) is 24.4 Å². The Labute approximate surface area is 220 Å². The number of carbonyl (C=O) groups is 1. The first kappa shape index (κ1) is 25.9. The quantitative estimate of drug-likeness (QED) is 0.403. The number of piperazine rings is 1. The summed E-state index contributed by atoms with van der Waals surface area (Å²) in [6, 6.07) is 5.70. The first-order valence-electron chi connectivity index (χ1n) is 13.0. The van der Waals surface area contributed by atoms with Crippen molar-refractivity contribution in [3.8, 4) is 0 Å². The van der Waals surface area contributed by atoms with Crippen molar-refractivity contribution >= 4 is 34.6 Å². The van der Waals surface area contributed by atoms with E-state index in [9.17, 15) is 9.59 Å². The highest BCUT2D eigenvalue weighted by Crippen LogP contribution is 2.31. The van der Waals surface area contributed by atoms with Gasteiger partial charge in [0.25, 0.3) is 5.56 Å². The largest absolute Gasteiger partial charge is 0.465 e. The zero-order chi connectivity index (χ0) is 26.5. The molecule has 3 aromatic heterocycles. The van der Waals surface area contributed by atoms with Crippen molar-refractivity contribution < 1.29 is 19.4 Å². The Kier molecular flexibility index (Phi) is 7.99. The highest BCUT2D eigenvalue weighted by Gasteiger charge is 2.23. The van der Waals surface area contributed by atoms with Gasteiger partial charge in [-0.15, -0.1) is 0 Å². The molecule has 0 aromatic carbocycles. The van der Waals surface area contributed by atoms with Crippen LogP contribution >= 0.6 is 0 Å². The minimum atomic E-state index is -0.886. The summed E-state index contributed by atoms with van der Waals surface area (Å²) in [4.78, 5) is 41.8. The normalized spacial score (nSPS) is 16.3. The molecule has 5 rings (SSSR count). The predicted molar refractivity (Wildman–Crippen MR) is 142 cm³/mol. The Morgan fingerprint density at radius 1 is 1.11 bits per heavy atom. The van der Waals surface area contributed by atoms with Crippen LogP contribution in [-0.4, -0.2) is 82.1 Å². The fourth-order valence-electron chi connectivity index (χ4n) is 5.08. The fourth-order valence-corrected chi connectivity index (χ4v) is 5.08. The summed E-state index contributed by atoms with van der Waals surface area (Å²) in [6.45, 7) is 3.26. The van der Waals surface area contributed by atoms with E-state index in [-0.39, 0.29) is 18.2 Å². The van der Waals surface area contributed by atoms with Gasteiger partial charge in [-0.2, -0.15) is 4.98 Å². The SMILES string of the molecule is COCCOCc1cc2cnc(Nc3ccc(N4CCN(C(=O)O)CC4)cn3)nc2n(C2CCCC2)c1=O. The van der Waals surface area contributed by atoms with Gasteiger partial charge in [-0.1, -0.05) is 12.8 Å². The zero-order valence-electron chi connectivity index (χ0n) is 21.5. The van der Waals surface area contributed by atoms with E-state index >= 15 is 0 Å². The second-order valence-corrected chi connectivity index (χ2v) is 9.58. The third-order valence-corrected chi connectivity index (χ3v) is 7.13. The minimum Gasteiger partial charge on any atom is -0.465 e. The van der Waals surface area contributed by atoms with Gasteiger partial charge < -0.3 is 29.7 Å². The summed E-state index contributed by atoms with van der Waals surface area (Å²) in [5, 5.41) is 13.1. The van der Waals surface area contributed by atoms with Crippen molar-refractivity contribution in [3.05, 3.63) is 46.5 Å². The van der Waals surface area contributed by atoms with E-state index in [4.69, 9.17) is 19.6 Å². The Balaban J connectivity index is 1.35. The Morgan fingerprint density at radius 3 is 2.58 bits per heavy atom. The topological polar surface area (TPSA) is 135 Å². The predicted octanol–water partition coefficient (Wildman–Crippen LogP) is 3.01. The van der Waals surface area contributed by atoms with Crippen LogP contribution in [0.5, 0.6) is 0 Å². The maximum Gasteiger partial charge on any atom is 0.407 e. The standard InChI is InChI=1S/C26H33N7O5/c1-37-12-13-38-17-19-14-18-15-28-25(30-23(18)33(24(19)34)20-4-2-3-5-20)29-22-7-6-21(16-27-22)31-8-10-32(11-9-31)26(35)36/h6-7,14-16,20H,2-5,8-13,17H2,1H3,(H,35,36)(H,27,28,29,30). The molecule has 0 unspecified atom stereocenters. The number of anilines is 3. The maximum absolute atomic E-state index is 13.5. The number of pyridine rings is 2. The number of hydrogen-bond donors (Lipinski definition) is 2. The lowest BCUT2D eigenvalue weighted by atomic mass is 10.1. The lowest BCUT2D eigenvalue weighted by Gasteiger charge is -2.34. The molecule has 2 aliphatic rings. The number of methoxy groups -OCH3 is 1. The number of nitrogens with one attached hydrogen (secondary N) is 1. The molecule has 0 radical (unpaired) electrons. The van der Waals surface area contributed by atoms with E-state index < -0.39 is 6.09 Å². The number of carboxylic acid groups (broad SMARTS) is 1. The molecule has 12 heteroatoms. The van der Waals surface area contributed by atoms with E-state index in [1.54, 1.807) is 19.5 Å². The summed E-state index contributed by atoms with van der Waals surface area (Å²) in [7, 11) is 1.62. The molecule has 1 aliphatic heterocycles. The van der Waals surface area contributed by atoms with Crippen LogP contribution in [-0.2, 0) is 16.1 Å². The number of rotatable bonds is 9. The Hall–Kier alpha value is -3.77. The number of hydrogen-bond acceptors (Lipinski definition) is 9. The van der Waals surface area contributed by atoms with E-state index in [1.807, 2.05) is 22.8 Å². The maximum atomic E-state index is 13.5. The molecule has 38 heavy (non-hydrogen) atoms. The Morgan fingerprint density at radius 2 is 1.89 bits per heavy atom. The average Bonchev–Trinajstić information content (AvgIpc) is 3.46. The molecule has 3 aromatic rings. The molecule has 0 bridgehead atoms. The van der Waals surface area contributed by atoms with Gasteiger partial charge in [0.2, 0.25) is 5.95 Å². The minimum absolute atomic E-state index is 0.0723. The van der Waals surface area contributed by atoms with Crippen LogP contribution in [0.15, 0.2) is 35.4 Å². The average molecular weight is 524 g/mol. The highest BCUT2D eigenvalue weighted by atomic mass is 16.5. The number of aromatic nitrogens is 4. The van der Waals surface area contributed by atoms with Gasteiger partial charge >= 0.3 is 6.09 Å². The lowest BCUT2D eigenvalue weighted by molar-refractivity contribution is 0.0610. The molecule has 2 fully saturated rings. The molecular weight excluding hydrogens is 490 g/mol. The number of fused-ring (bicyclic) bond motifs is 1. The summed E-state index contributed by atoms with van der Waals surface area (Å²) < 4.78 is 12.5. The molecule has 12 nitrogen and oxygen atoms in total. The van der Waals surface area contributed by atoms with Crippen LogP contribution in [0.2, 0.25) is 0 Å². The molecule has 1 saturated heterocycles. The summed E-state index contributed by atoms with van der Waals surface area (Å²) in [5.74, 6) is 0.943. The van der Waals surface area contributed by atoms with Gasteiger partial charge in [-0.3, -0.25) is 9.36 Å². The number of amides is 1. The molecule has 4 heterocycles. The third kappa shape index (κ3) is 5.70. The van der Waals surface area contributed by atoms with Crippen molar-refractivity contribution in [1.29, 1.82) is 0 Å². The van der Waals surface area contributed by atoms with Gasteiger partial charge in [-0.05, 0) is 31.0 Å². The zero-order valence-corrected chi connectivity index (χ0v) is 21.5. The van der Waals surface area contributed by atoms with Crippen LogP contribution in [0.4, 0.5) is 22.2 Å². The molecule has 1 aliphatic carbocycles. The van der Waals surface area contributed by atoms with Crippen LogP contribution < -0.4 is 15.8 Å². The molecule has 1 amide bonds. The van der Waals surface area contributed by atoms with E-state index in [0.717, 1.165) is 36.8 Å². The first-order chi connectivity index (χ1) is 18.5. The molecule has 1 saturated carbocycles. The second-order valence-electron chi connectivity index (χ2n) is 9.58. The summed E-state index contributed by atoms with van der Waals surface area (Å²) in [6.07, 6.45) is 6.66. The van der Waals surface area contributed by atoms with Crippen molar-refractivity contribution in [2.45, 2.75) is 38.3 Å². The Bertz CT molecular complexity index is 1320. The van der Waals surface area contributed by atoms with Crippen molar-refractivity contribution in [2.24, 2.45) is 0 Å². The number of nitrogens with zero attached hydrogens (tertiary/aromatic N) is 6. The van der Waals surface area contributed by atoms with Crippen LogP contribution in [0.3, 0.4) is 0 Å². The third-order valence-electron chi connectivity index (χ3n) is 7.13. The fraction of sp³-hybridized carbons (Fsp3) is 0.500. The number of ether oxygens (including phenoxy) is 2. The lowest BCUT2D eigenvalue weighted by Crippen LogP contribution is -2.48. The highest BCUT2D eigenvalue weighted by molar-refractivity contribution is 5.76. The van der Waals surface area contributed by atoms with Crippen molar-refractivity contribution in [2.75, 3.05) is 56.7 Å². The molecule has 2 N–H and O–H groups in total. The van der Waals surface area contributed by atoms with E-state index in [1.165, 1.54) is 4.90 Å². The first-order valence-corrected chi connectivity index (χ1v) is 13.0. The van der Waals surface area contributed by atoms with Crippen molar-refractivity contribution in [3.63, 3.8) is 0 Å². The van der Waals surface area contributed by atoms with Crippen LogP contribution in [0.1, 0.15) is 37.3 Å². The van der Waals surface area contributed by atoms with Gasteiger partial charge in [0.1, 0.15) is 11.5 Å². The van der Waals surface area contributed by atoms with Crippen LogP contribution in [0.25, 0.3) is 11.0 Å². The molecular formula is C26H33N7O5. The molecule has 202 valence electrons. The summed E-state index contributed by atoms with van der Waals surface area (Å²) >= 11 is 0. The van der Waals surface area contributed by atoms with Gasteiger partial charge in [0, 0.05) is 56.5 Å². The van der Waals surface area contributed by atoms with Crippen LogP contribution in [0, 0.1) is 0 Å². The van der Waals surface area contributed by atoms with Gasteiger partial charge in [0.05, 0.1) is 31.7 Å². The second kappa shape index (κ2) is 11.7. The monoisotopic (exact) mass is 523 g/mol. The van der Waals surface area contributed by atoms with E-state index in [2.05, 4.69) is 20.2 Å². The van der Waals surface area contributed by atoms with E-state index in [0.29, 0.717) is 62.4 Å².